The lowest BCUT2D eigenvalue weighted by molar-refractivity contribution is -0.302. The highest BCUT2D eigenvalue weighted by Crippen LogP contribution is 2.23. The highest BCUT2D eigenvalue weighted by molar-refractivity contribution is 5.76. The van der Waals surface area contributed by atoms with E-state index >= 15 is 0 Å². The first-order valence-electron chi connectivity index (χ1n) is 30.5. The SMILES string of the molecule is CC/C=C\C/C=C\C/C=C\C/C=C\C/C=C\CCCCCCCC(=O)NC(COC1OC(CO)C(O)C(O)C1O)C(O)/C=C/CC/C=C/CC/C=C/CCCCCCCCCCCCCCCCCCCCCC. The van der Waals surface area contributed by atoms with E-state index in [4.69, 9.17) is 9.47 Å². The van der Waals surface area contributed by atoms with Gasteiger partial charge in [-0.3, -0.25) is 4.79 Å². The van der Waals surface area contributed by atoms with Gasteiger partial charge in [0, 0.05) is 6.42 Å². The van der Waals surface area contributed by atoms with Crippen LogP contribution in [0.15, 0.2) is 97.2 Å². The molecule has 0 aromatic rings. The highest BCUT2D eigenvalue weighted by atomic mass is 16.7. The number of hydrogen-bond acceptors (Lipinski definition) is 8. The fourth-order valence-electron chi connectivity index (χ4n) is 9.10. The summed E-state index contributed by atoms with van der Waals surface area (Å²) in [5, 5.41) is 54.5. The molecule has 7 unspecified atom stereocenters. The predicted octanol–water partition coefficient (Wildman–Crippen LogP) is 15.6. The molecule has 0 aromatic carbocycles. The van der Waals surface area contributed by atoms with Crippen molar-refractivity contribution in [3.8, 4) is 0 Å². The summed E-state index contributed by atoms with van der Waals surface area (Å²) in [5.41, 5.74) is 0. The summed E-state index contributed by atoms with van der Waals surface area (Å²) in [4.78, 5) is 13.1. The van der Waals surface area contributed by atoms with Crippen molar-refractivity contribution in [1.29, 1.82) is 0 Å². The number of ether oxygens (including phenoxy) is 2. The van der Waals surface area contributed by atoms with Crippen LogP contribution in [0.2, 0.25) is 0 Å². The normalized spacial score (nSPS) is 19.7. The van der Waals surface area contributed by atoms with Gasteiger partial charge < -0.3 is 40.3 Å². The molecule has 1 heterocycles. The Morgan fingerprint density at radius 3 is 1.30 bits per heavy atom. The lowest BCUT2D eigenvalue weighted by Crippen LogP contribution is -2.60. The van der Waals surface area contributed by atoms with Gasteiger partial charge in [-0.2, -0.15) is 0 Å². The van der Waals surface area contributed by atoms with Gasteiger partial charge in [-0.05, 0) is 89.9 Å². The summed E-state index contributed by atoms with van der Waals surface area (Å²) >= 11 is 0. The Kier molecular flexibility index (Phi) is 50.0. The van der Waals surface area contributed by atoms with Crippen LogP contribution in [0.25, 0.3) is 0 Å². The average Bonchev–Trinajstić information content (AvgIpc) is 3.40. The summed E-state index contributed by atoms with van der Waals surface area (Å²) in [7, 11) is 0. The molecule has 74 heavy (non-hydrogen) atoms. The Balaban J connectivity index is 2.25. The van der Waals surface area contributed by atoms with E-state index in [0.717, 1.165) is 103 Å². The Bertz CT molecular complexity index is 1480. The van der Waals surface area contributed by atoms with Crippen LogP contribution < -0.4 is 5.32 Å². The standard InChI is InChI=1S/C65H113NO8/c1-3-5-7-9-11-13-15-17-19-21-23-25-26-27-28-29-30-31-32-33-35-36-38-40-42-44-46-48-50-52-54-59(68)58(57-73-65-64(72)63(71)62(70)60(56-67)74-65)66-61(69)55-53-51-49-47-45-43-41-39-37-34-24-22-20-18-16-14-12-10-8-6-4-2/h6,8,12,14,18,20,24,34,36,38-39,41,44,46,52,54,58-60,62-65,67-68,70-72H,3-5,7,9-11,13,15-17,19,21-23,25-33,35,37,40,42-43,45,47-51,53,55-57H2,1-2H3,(H,66,69)/b8-6-,14-12-,20-18-,34-24-,38-36+,41-39-,46-44+,54-52+. The quantitative estimate of drug-likeness (QED) is 0.0261. The molecule has 0 saturated carbocycles. The molecule has 1 amide bonds. The van der Waals surface area contributed by atoms with Gasteiger partial charge in [0.1, 0.15) is 24.4 Å². The third-order valence-corrected chi connectivity index (χ3v) is 13.9. The van der Waals surface area contributed by atoms with E-state index in [-0.39, 0.29) is 12.5 Å². The van der Waals surface area contributed by atoms with Gasteiger partial charge in [-0.15, -0.1) is 0 Å². The molecule has 6 N–H and O–H groups in total. The number of carbonyl (C=O) groups is 1. The first-order chi connectivity index (χ1) is 36.3. The number of allylic oxidation sites excluding steroid dienone is 15. The molecule has 1 saturated heterocycles. The average molecular weight is 1040 g/mol. The molecule has 0 spiro atoms. The molecule has 1 rings (SSSR count). The molecule has 9 nitrogen and oxygen atoms in total. The summed E-state index contributed by atoms with van der Waals surface area (Å²) in [6.07, 6.45) is 70.6. The van der Waals surface area contributed by atoms with Gasteiger partial charge in [0.15, 0.2) is 6.29 Å². The smallest absolute Gasteiger partial charge is 0.220 e. The minimum atomic E-state index is -1.59. The van der Waals surface area contributed by atoms with Crippen LogP contribution >= 0.6 is 0 Å². The van der Waals surface area contributed by atoms with Crippen molar-refractivity contribution < 1.29 is 39.8 Å². The molecular formula is C65H113NO8. The fourth-order valence-corrected chi connectivity index (χ4v) is 9.10. The molecule has 0 aromatic heterocycles. The maximum Gasteiger partial charge on any atom is 0.220 e. The van der Waals surface area contributed by atoms with E-state index in [1.165, 1.54) is 128 Å². The summed E-state index contributed by atoms with van der Waals surface area (Å²) in [5.74, 6) is -0.212. The van der Waals surface area contributed by atoms with Gasteiger partial charge >= 0.3 is 0 Å². The van der Waals surface area contributed by atoms with Crippen LogP contribution in [0.3, 0.4) is 0 Å². The van der Waals surface area contributed by atoms with E-state index in [9.17, 15) is 30.3 Å². The third-order valence-electron chi connectivity index (χ3n) is 13.9. The summed E-state index contributed by atoms with van der Waals surface area (Å²) in [6.45, 7) is 3.64. The molecule has 7 atom stereocenters. The second-order valence-electron chi connectivity index (χ2n) is 20.7. The zero-order valence-corrected chi connectivity index (χ0v) is 47.3. The number of unbranched alkanes of at least 4 members (excludes halogenated alkanes) is 27. The van der Waals surface area contributed by atoms with E-state index in [1.54, 1.807) is 6.08 Å². The van der Waals surface area contributed by atoms with Gasteiger partial charge in [0.05, 0.1) is 25.4 Å². The van der Waals surface area contributed by atoms with E-state index in [2.05, 4.69) is 104 Å². The zero-order chi connectivity index (χ0) is 53.6. The topological polar surface area (TPSA) is 149 Å². The molecule has 1 aliphatic heterocycles. The van der Waals surface area contributed by atoms with Crippen LogP contribution in [0.1, 0.15) is 251 Å². The predicted molar refractivity (Wildman–Crippen MR) is 313 cm³/mol. The maximum absolute atomic E-state index is 13.1. The van der Waals surface area contributed by atoms with Crippen molar-refractivity contribution in [2.45, 2.75) is 294 Å². The van der Waals surface area contributed by atoms with Crippen molar-refractivity contribution >= 4 is 5.91 Å². The Morgan fingerprint density at radius 1 is 0.473 bits per heavy atom. The second-order valence-corrected chi connectivity index (χ2v) is 20.7. The number of amides is 1. The summed E-state index contributed by atoms with van der Waals surface area (Å²) in [6, 6.07) is -0.847. The van der Waals surface area contributed by atoms with Crippen molar-refractivity contribution in [2.24, 2.45) is 0 Å². The number of nitrogens with one attached hydrogen (secondary N) is 1. The molecule has 1 fully saturated rings. The number of hydrogen-bond donors (Lipinski definition) is 6. The van der Waals surface area contributed by atoms with Gasteiger partial charge in [0.2, 0.25) is 5.91 Å². The van der Waals surface area contributed by atoms with E-state index in [1.807, 2.05) is 6.08 Å². The van der Waals surface area contributed by atoms with E-state index in [0.29, 0.717) is 6.42 Å². The minimum absolute atomic E-state index is 0.212. The number of aliphatic hydroxyl groups is 5. The van der Waals surface area contributed by atoms with Crippen molar-refractivity contribution in [1.82, 2.24) is 5.32 Å². The van der Waals surface area contributed by atoms with E-state index < -0.39 is 49.5 Å². The Morgan fingerprint density at radius 2 is 0.851 bits per heavy atom. The number of aliphatic hydroxyl groups excluding tert-OH is 5. The van der Waals surface area contributed by atoms with Gasteiger partial charge in [-0.25, -0.2) is 0 Å². The lowest BCUT2D eigenvalue weighted by atomic mass is 9.99. The van der Waals surface area contributed by atoms with Crippen LogP contribution in [-0.4, -0.2) is 87.5 Å². The largest absolute Gasteiger partial charge is 0.394 e. The molecule has 0 bridgehead atoms. The summed E-state index contributed by atoms with van der Waals surface area (Å²) < 4.78 is 11.3. The van der Waals surface area contributed by atoms with Crippen molar-refractivity contribution in [2.75, 3.05) is 13.2 Å². The zero-order valence-electron chi connectivity index (χ0n) is 47.3. The lowest BCUT2D eigenvalue weighted by Gasteiger charge is -2.40. The third kappa shape index (κ3) is 42.2. The molecule has 9 heteroatoms. The van der Waals surface area contributed by atoms with Gasteiger partial charge in [-0.1, -0.05) is 252 Å². The molecule has 0 radical (unpaired) electrons. The molecule has 1 aliphatic rings. The van der Waals surface area contributed by atoms with Crippen molar-refractivity contribution in [3.05, 3.63) is 97.2 Å². The molecular weight excluding hydrogens is 923 g/mol. The Hall–Kier alpha value is -2.89. The van der Waals surface area contributed by atoms with Crippen LogP contribution in [0.5, 0.6) is 0 Å². The molecule has 0 aliphatic carbocycles. The number of rotatable bonds is 51. The van der Waals surface area contributed by atoms with Gasteiger partial charge in [0.25, 0.3) is 0 Å². The highest BCUT2D eigenvalue weighted by Gasteiger charge is 2.44. The first kappa shape index (κ1) is 69.1. The maximum atomic E-state index is 13.1. The van der Waals surface area contributed by atoms with Crippen LogP contribution in [0, 0.1) is 0 Å². The number of carbonyl (C=O) groups excluding carboxylic acids is 1. The molecule has 426 valence electrons. The first-order valence-corrected chi connectivity index (χ1v) is 30.5. The van der Waals surface area contributed by atoms with Crippen LogP contribution in [-0.2, 0) is 14.3 Å². The fraction of sp³-hybridized carbons (Fsp3) is 0.738. The Labute approximate surface area is 453 Å². The van der Waals surface area contributed by atoms with Crippen molar-refractivity contribution in [3.63, 3.8) is 0 Å². The van der Waals surface area contributed by atoms with Crippen LogP contribution in [0.4, 0.5) is 0 Å². The second kappa shape index (κ2) is 53.5. The minimum Gasteiger partial charge on any atom is -0.394 e. The monoisotopic (exact) mass is 1040 g/mol.